The molecular weight excluding hydrogens is 386 g/mol. The second-order valence-electron chi connectivity index (χ2n) is 7.01. The smallest absolute Gasteiger partial charge is 0.337 e. The number of ether oxygens (including phenoxy) is 2. The predicted molar refractivity (Wildman–Crippen MR) is 109 cm³/mol. The van der Waals surface area contributed by atoms with Crippen LogP contribution in [0.1, 0.15) is 40.5 Å². The van der Waals surface area contributed by atoms with E-state index in [1.165, 1.54) is 12.0 Å². The summed E-state index contributed by atoms with van der Waals surface area (Å²) in [5.74, 6) is -2.16. The van der Waals surface area contributed by atoms with E-state index in [2.05, 4.69) is 4.74 Å². The number of esters is 2. The molecule has 1 fully saturated rings. The third-order valence-electron chi connectivity index (χ3n) is 5.04. The van der Waals surface area contributed by atoms with Crippen molar-refractivity contribution in [2.24, 2.45) is 5.92 Å². The normalized spacial score (nSPS) is 16.8. The van der Waals surface area contributed by atoms with Crippen LogP contribution in [0.25, 0.3) is 0 Å². The van der Waals surface area contributed by atoms with E-state index in [1.54, 1.807) is 61.5 Å². The zero-order valence-corrected chi connectivity index (χ0v) is 16.9. The van der Waals surface area contributed by atoms with E-state index >= 15 is 0 Å². The summed E-state index contributed by atoms with van der Waals surface area (Å²) < 4.78 is 10.1. The van der Waals surface area contributed by atoms with Crippen LogP contribution in [-0.4, -0.2) is 43.4 Å². The fraction of sp³-hybridized carbons (Fsp3) is 0.304. The lowest BCUT2D eigenvalue weighted by molar-refractivity contribution is -0.151. The number of hydrogen-bond donors (Lipinski definition) is 0. The van der Waals surface area contributed by atoms with Crippen LogP contribution in [0.5, 0.6) is 0 Å². The van der Waals surface area contributed by atoms with Crippen LogP contribution in [0.2, 0.25) is 0 Å². The Hall–Kier alpha value is -3.48. The molecule has 0 unspecified atom stereocenters. The maximum atomic E-state index is 12.6. The summed E-state index contributed by atoms with van der Waals surface area (Å²) in [7, 11) is 1.29. The zero-order valence-electron chi connectivity index (χ0n) is 16.9. The Morgan fingerprint density at radius 3 is 2.30 bits per heavy atom. The fourth-order valence-corrected chi connectivity index (χ4v) is 3.36. The topological polar surface area (TPSA) is 90.0 Å². The Kier molecular flexibility index (Phi) is 6.61. The van der Waals surface area contributed by atoms with Crippen molar-refractivity contribution >= 4 is 29.3 Å². The Bertz CT molecular complexity index is 938. The molecule has 156 valence electrons. The van der Waals surface area contributed by atoms with Crippen LogP contribution in [-0.2, 0) is 19.1 Å². The molecule has 1 amide bonds. The molecule has 0 N–H and O–H groups in total. The minimum absolute atomic E-state index is 0.00749. The maximum absolute atomic E-state index is 12.6. The van der Waals surface area contributed by atoms with Gasteiger partial charge in [0.1, 0.15) is 0 Å². The first-order valence-electron chi connectivity index (χ1n) is 9.73. The van der Waals surface area contributed by atoms with Crippen LogP contribution in [0.15, 0.2) is 54.6 Å². The molecule has 30 heavy (non-hydrogen) atoms. The number of methoxy groups -OCH3 is 1. The van der Waals surface area contributed by atoms with Gasteiger partial charge in [0.25, 0.3) is 0 Å². The fourth-order valence-electron chi connectivity index (χ4n) is 3.36. The number of benzene rings is 2. The Morgan fingerprint density at radius 1 is 1.03 bits per heavy atom. The van der Waals surface area contributed by atoms with E-state index in [4.69, 9.17) is 4.74 Å². The van der Waals surface area contributed by atoms with Gasteiger partial charge in [-0.05, 0) is 30.7 Å². The van der Waals surface area contributed by atoms with Gasteiger partial charge in [0.2, 0.25) is 11.7 Å². The van der Waals surface area contributed by atoms with E-state index in [0.29, 0.717) is 23.2 Å². The molecule has 0 saturated carbocycles. The first-order chi connectivity index (χ1) is 14.4. The molecular formula is C23H23NO6. The number of ketones is 1. The Labute approximate surface area is 174 Å². The number of carbonyl (C=O) groups is 4. The van der Waals surface area contributed by atoms with Crippen LogP contribution < -0.4 is 4.90 Å². The van der Waals surface area contributed by atoms with E-state index in [0.717, 1.165) is 0 Å². The average molecular weight is 409 g/mol. The van der Waals surface area contributed by atoms with Crippen molar-refractivity contribution < 1.29 is 28.7 Å². The monoisotopic (exact) mass is 409 g/mol. The molecule has 0 aliphatic carbocycles. The van der Waals surface area contributed by atoms with Crippen LogP contribution >= 0.6 is 0 Å². The van der Waals surface area contributed by atoms with Gasteiger partial charge in [-0.1, -0.05) is 37.3 Å². The zero-order chi connectivity index (χ0) is 21.7. The molecule has 3 rings (SSSR count). The summed E-state index contributed by atoms with van der Waals surface area (Å²) >= 11 is 0. The minimum Gasteiger partial charge on any atom is -0.465 e. The van der Waals surface area contributed by atoms with Crippen molar-refractivity contribution in [2.75, 3.05) is 18.6 Å². The number of nitrogens with zero attached hydrogens (tertiary/aromatic N) is 1. The number of hydrogen-bond acceptors (Lipinski definition) is 6. The second kappa shape index (κ2) is 9.35. The van der Waals surface area contributed by atoms with Gasteiger partial charge < -0.3 is 14.4 Å². The van der Waals surface area contributed by atoms with Gasteiger partial charge in [0, 0.05) is 24.2 Å². The molecule has 0 radical (unpaired) electrons. The molecule has 2 aromatic carbocycles. The summed E-state index contributed by atoms with van der Waals surface area (Å²) in [5.41, 5.74) is 1.43. The number of rotatable bonds is 7. The van der Waals surface area contributed by atoms with Gasteiger partial charge in [-0.2, -0.15) is 0 Å². The van der Waals surface area contributed by atoms with Crippen molar-refractivity contribution in [3.63, 3.8) is 0 Å². The summed E-state index contributed by atoms with van der Waals surface area (Å²) in [6.07, 6.45) is -0.532. The summed E-state index contributed by atoms with van der Waals surface area (Å²) in [6.45, 7) is 1.93. The van der Waals surface area contributed by atoms with Crippen LogP contribution in [0, 0.1) is 5.92 Å². The van der Waals surface area contributed by atoms with Crippen molar-refractivity contribution in [2.45, 2.75) is 25.9 Å². The van der Waals surface area contributed by atoms with Gasteiger partial charge in [0.05, 0.1) is 18.6 Å². The molecule has 7 nitrogen and oxygen atoms in total. The van der Waals surface area contributed by atoms with E-state index in [1.807, 2.05) is 0 Å². The largest absolute Gasteiger partial charge is 0.465 e. The quantitative estimate of drug-likeness (QED) is 0.516. The number of carbonyl (C=O) groups excluding carboxylic acids is 4. The van der Waals surface area contributed by atoms with Crippen molar-refractivity contribution in [3.05, 3.63) is 65.7 Å². The molecule has 1 saturated heterocycles. The lowest BCUT2D eigenvalue weighted by Gasteiger charge is -2.19. The third kappa shape index (κ3) is 4.56. The standard InChI is InChI=1S/C23H23NO6/c1-3-19(21(26)15-7-5-4-6-8-15)30-23(28)17-13-20(25)24(14-17)18-11-9-16(10-12-18)22(27)29-2/h4-12,17,19H,3,13-14H2,1-2H3/t17-,19+/m1/s1. The van der Waals surface area contributed by atoms with Gasteiger partial charge in [0.15, 0.2) is 6.10 Å². The minimum atomic E-state index is -0.886. The summed E-state index contributed by atoms with van der Waals surface area (Å²) in [4.78, 5) is 50.7. The van der Waals surface area contributed by atoms with E-state index < -0.39 is 24.0 Å². The Balaban J connectivity index is 1.65. The first-order valence-corrected chi connectivity index (χ1v) is 9.73. The van der Waals surface area contributed by atoms with Crippen molar-refractivity contribution in [1.29, 1.82) is 0 Å². The maximum Gasteiger partial charge on any atom is 0.337 e. The lowest BCUT2D eigenvalue weighted by atomic mass is 10.0. The molecule has 2 aromatic rings. The first kappa shape index (κ1) is 21.2. The molecule has 2 atom stereocenters. The molecule has 1 aliphatic heterocycles. The van der Waals surface area contributed by atoms with Gasteiger partial charge in [-0.3, -0.25) is 14.4 Å². The molecule has 0 aromatic heterocycles. The van der Waals surface area contributed by atoms with Crippen LogP contribution in [0.3, 0.4) is 0 Å². The molecule has 0 spiro atoms. The number of amides is 1. The summed E-state index contributed by atoms with van der Waals surface area (Å²) in [6, 6.07) is 15.0. The highest BCUT2D eigenvalue weighted by atomic mass is 16.5. The molecule has 7 heteroatoms. The van der Waals surface area contributed by atoms with E-state index in [-0.39, 0.29) is 24.7 Å². The highest BCUT2D eigenvalue weighted by Gasteiger charge is 2.37. The molecule has 1 aliphatic rings. The van der Waals surface area contributed by atoms with Crippen LogP contribution in [0.4, 0.5) is 5.69 Å². The Morgan fingerprint density at radius 2 is 1.70 bits per heavy atom. The van der Waals surface area contributed by atoms with Gasteiger partial charge in [-0.25, -0.2) is 4.79 Å². The highest BCUT2D eigenvalue weighted by Crippen LogP contribution is 2.27. The SMILES string of the molecule is CC[C@H](OC(=O)[C@@H]1CC(=O)N(c2ccc(C(=O)OC)cc2)C1)C(=O)c1ccccc1. The van der Waals surface area contributed by atoms with Crippen molar-refractivity contribution in [3.8, 4) is 0 Å². The number of Topliss-reactive ketones (excluding diaryl/α,β-unsaturated/α-hetero) is 1. The van der Waals surface area contributed by atoms with Gasteiger partial charge >= 0.3 is 11.9 Å². The average Bonchev–Trinajstić information content (AvgIpc) is 3.18. The second-order valence-corrected chi connectivity index (χ2v) is 7.01. The third-order valence-corrected chi connectivity index (χ3v) is 5.04. The highest BCUT2D eigenvalue weighted by molar-refractivity contribution is 6.02. The summed E-state index contributed by atoms with van der Waals surface area (Å²) in [5, 5.41) is 0. The predicted octanol–water partition coefficient (Wildman–Crippen LogP) is 3.03. The molecule has 0 bridgehead atoms. The van der Waals surface area contributed by atoms with Crippen molar-refractivity contribution in [1.82, 2.24) is 0 Å². The van der Waals surface area contributed by atoms with Gasteiger partial charge in [-0.15, -0.1) is 0 Å². The number of anilines is 1. The van der Waals surface area contributed by atoms with E-state index in [9.17, 15) is 19.2 Å². The molecule has 1 heterocycles. The lowest BCUT2D eigenvalue weighted by Crippen LogP contribution is -2.31.